The lowest BCUT2D eigenvalue weighted by Crippen LogP contribution is -2.12. The SMILES string of the molecule is OCCNc1nc(NCCc2ccccc2)cc(-c2ccncc2)n1. The fraction of sp³-hybridized carbons (Fsp3) is 0.211. The van der Waals surface area contributed by atoms with E-state index in [0.29, 0.717) is 12.5 Å². The van der Waals surface area contributed by atoms with Gasteiger partial charge in [0.05, 0.1) is 12.3 Å². The molecule has 6 heteroatoms. The average molecular weight is 335 g/mol. The fourth-order valence-electron chi connectivity index (χ4n) is 2.43. The Morgan fingerprint density at radius 3 is 2.44 bits per heavy atom. The third-order valence-corrected chi connectivity index (χ3v) is 3.66. The van der Waals surface area contributed by atoms with Gasteiger partial charge in [-0.15, -0.1) is 0 Å². The van der Waals surface area contributed by atoms with E-state index >= 15 is 0 Å². The quantitative estimate of drug-likeness (QED) is 0.587. The van der Waals surface area contributed by atoms with Crippen LogP contribution in [-0.2, 0) is 6.42 Å². The van der Waals surface area contributed by atoms with Crippen molar-refractivity contribution in [1.29, 1.82) is 0 Å². The summed E-state index contributed by atoms with van der Waals surface area (Å²) < 4.78 is 0. The van der Waals surface area contributed by atoms with Gasteiger partial charge in [-0.3, -0.25) is 4.98 Å². The van der Waals surface area contributed by atoms with Gasteiger partial charge in [0.2, 0.25) is 5.95 Å². The predicted octanol–water partition coefficient (Wildman–Crippen LogP) is 2.60. The minimum absolute atomic E-state index is 0.0274. The number of aromatic nitrogens is 3. The average Bonchev–Trinajstić information content (AvgIpc) is 2.68. The van der Waals surface area contributed by atoms with E-state index in [1.807, 2.05) is 36.4 Å². The summed E-state index contributed by atoms with van der Waals surface area (Å²) in [7, 11) is 0. The predicted molar refractivity (Wildman–Crippen MR) is 99.5 cm³/mol. The zero-order chi connectivity index (χ0) is 17.3. The molecule has 3 aromatic rings. The molecular formula is C19H21N5O. The number of aliphatic hydroxyl groups is 1. The topological polar surface area (TPSA) is 83.0 Å². The van der Waals surface area contributed by atoms with Crippen molar-refractivity contribution in [3.63, 3.8) is 0 Å². The lowest BCUT2D eigenvalue weighted by Gasteiger charge is -2.11. The Kier molecular flexibility index (Phi) is 5.90. The third-order valence-electron chi connectivity index (χ3n) is 3.66. The maximum absolute atomic E-state index is 9.01. The minimum Gasteiger partial charge on any atom is -0.395 e. The monoisotopic (exact) mass is 335 g/mol. The molecule has 0 saturated carbocycles. The van der Waals surface area contributed by atoms with Crippen LogP contribution < -0.4 is 10.6 Å². The van der Waals surface area contributed by atoms with E-state index in [-0.39, 0.29) is 6.61 Å². The van der Waals surface area contributed by atoms with Crippen molar-refractivity contribution in [2.45, 2.75) is 6.42 Å². The first kappa shape index (κ1) is 16.9. The molecule has 0 fully saturated rings. The summed E-state index contributed by atoms with van der Waals surface area (Å²) in [4.78, 5) is 13.0. The highest BCUT2D eigenvalue weighted by atomic mass is 16.3. The van der Waals surface area contributed by atoms with Gasteiger partial charge in [-0.25, -0.2) is 4.98 Å². The second kappa shape index (κ2) is 8.75. The van der Waals surface area contributed by atoms with Crippen molar-refractivity contribution in [2.75, 3.05) is 30.3 Å². The Hall–Kier alpha value is -2.99. The van der Waals surface area contributed by atoms with Crippen molar-refractivity contribution in [3.05, 3.63) is 66.5 Å². The first-order chi connectivity index (χ1) is 12.3. The maximum Gasteiger partial charge on any atom is 0.225 e. The van der Waals surface area contributed by atoms with E-state index in [1.165, 1.54) is 5.56 Å². The summed E-state index contributed by atoms with van der Waals surface area (Å²) in [6, 6.07) is 16.1. The number of anilines is 2. The van der Waals surface area contributed by atoms with E-state index in [9.17, 15) is 0 Å². The van der Waals surface area contributed by atoms with Gasteiger partial charge in [0.25, 0.3) is 0 Å². The molecule has 0 aliphatic rings. The molecule has 25 heavy (non-hydrogen) atoms. The van der Waals surface area contributed by atoms with Gasteiger partial charge >= 0.3 is 0 Å². The van der Waals surface area contributed by atoms with Crippen LogP contribution in [-0.4, -0.2) is 39.8 Å². The summed E-state index contributed by atoms with van der Waals surface area (Å²) in [5, 5.41) is 15.4. The minimum atomic E-state index is 0.0274. The number of pyridine rings is 1. The standard InChI is InChI=1S/C19H21N5O/c25-13-12-22-19-23-17(16-7-9-20-10-8-16)14-18(24-19)21-11-6-15-4-2-1-3-5-15/h1-5,7-10,14,25H,6,11-13H2,(H2,21,22,23,24). The van der Waals surface area contributed by atoms with E-state index in [0.717, 1.165) is 30.0 Å². The first-order valence-corrected chi connectivity index (χ1v) is 8.27. The number of nitrogens with one attached hydrogen (secondary N) is 2. The molecule has 6 nitrogen and oxygen atoms in total. The van der Waals surface area contributed by atoms with E-state index in [4.69, 9.17) is 5.11 Å². The third kappa shape index (κ3) is 4.99. The van der Waals surface area contributed by atoms with Crippen molar-refractivity contribution in [3.8, 4) is 11.3 Å². The highest BCUT2D eigenvalue weighted by Gasteiger charge is 2.06. The summed E-state index contributed by atoms with van der Waals surface area (Å²) >= 11 is 0. The summed E-state index contributed by atoms with van der Waals surface area (Å²) in [5.74, 6) is 1.24. The van der Waals surface area contributed by atoms with E-state index in [1.54, 1.807) is 12.4 Å². The summed E-state index contributed by atoms with van der Waals surface area (Å²) in [5.41, 5.74) is 3.05. The van der Waals surface area contributed by atoms with Crippen LogP contribution in [0, 0.1) is 0 Å². The van der Waals surface area contributed by atoms with Gasteiger partial charge in [0.15, 0.2) is 0 Å². The number of hydrogen-bond acceptors (Lipinski definition) is 6. The van der Waals surface area contributed by atoms with Crippen molar-refractivity contribution in [1.82, 2.24) is 15.0 Å². The molecule has 128 valence electrons. The highest BCUT2D eigenvalue weighted by Crippen LogP contribution is 2.20. The van der Waals surface area contributed by atoms with Crippen LogP contribution in [0.4, 0.5) is 11.8 Å². The largest absolute Gasteiger partial charge is 0.395 e. The smallest absolute Gasteiger partial charge is 0.225 e. The van der Waals surface area contributed by atoms with Crippen LogP contribution in [0.1, 0.15) is 5.56 Å². The molecule has 0 atom stereocenters. The molecule has 0 spiro atoms. The van der Waals surface area contributed by atoms with Gasteiger partial charge in [-0.1, -0.05) is 30.3 Å². The number of hydrogen-bond donors (Lipinski definition) is 3. The molecule has 0 aliphatic carbocycles. The molecule has 0 amide bonds. The zero-order valence-electron chi connectivity index (χ0n) is 13.9. The Morgan fingerprint density at radius 1 is 0.880 bits per heavy atom. The molecule has 3 N–H and O–H groups in total. The summed E-state index contributed by atoms with van der Waals surface area (Å²) in [6.45, 7) is 1.21. The molecule has 0 bridgehead atoms. The molecule has 0 aliphatic heterocycles. The van der Waals surface area contributed by atoms with E-state index < -0.39 is 0 Å². The molecule has 0 unspecified atom stereocenters. The molecule has 0 radical (unpaired) electrons. The molecular weight excluding hydrogens is 314 g/mol. The first-order valence-electron chi connectivity index (χ1n) is 8.27. The Balaban J connectivity index is 1.75. The Bertz CT molecular complexity index is 780. The number of rotatable bonds is 8. The molecule has 3 rings (SSSR count). The lowest BCUT2D eigenvalue weighted by molar-refractivity contribution is 0.311. The van der Waals surface area contributed by atoms with Gasteiger partial charge in [0.1, 0.15) is 5.82 Å². The van der Waals surface area contributed by atoms with Crippen LogP contribution in [0.5, 0.6) is 0 Å². The maximum atomic E-state index is 9.01. The normalized spacial score (nSPS) is 10.4. The Morgan fingerprint density at radius 2 is 1.68 bits per heavy atom. The van der Waals surface area contributed by atoms with Gasteiger partial charge in [-0.05, 0) is 24.1 Å². The van der Waals surface area contributed by atoms with Crippen LogP contribution in [0.15, 0.2) is 60.9 Å². The van der Waals surface area contributed by atoms with Gasteiger partial charge in [-0.2, -0.15) is 4.98 Å². The molecule has 2 heterocycles. The van der Waals surface area contributed by atoms with Crippen LogP contribution in [0.2, 0.25) is 0 Å². The van der Waals surface area contributed by atoms with Crippen LogP contribution >= 0.6 is 0 Å². The van der Waals surface area contributed by atoms with Crippen molar-refractivity contribution >= 4 is 11.8 Å². The lowest BCUT2D eigenvalue weighted by atomic mass is 10.1. The zero-order valence-corrected chi connectivity index (χ0v) is 13.9. The Labute approximate surface area is 147 Å². The van der Waals surface area contributed by atoms with Crippen molar-refractivity contribution in [2.24, 2.45) is 0 Å². The van der Waals surface area contributed by atoms with E-state index in [2.05, 4.69) is 37.7 Å². The number of benzene rings is 1. The second-order valence-corrected chi connectivity index (χ2v) is 5.51. The highest BCUT2D eigenvalue weighted by molar-refractivity contribution is 5.63. The van der Waals surface area contributed by atoms with Crippen LogP contribution in [0.3, 0.4) is 0 Å². The fourth-order valence-corrected chi connectivity index (χ4v) is 2.43. The molecule has 1 aromatic carbocycles. The van der Waals surface area contributed by atoms with Crippen LogP contribution in [0.25, 0.3) is 11.3 Å². The van der Waals surface area contributed by atoms with Gasteiger partial charge in [0, 0.05) is 37.1 Å². The van der Waals surface area contributed by atoms with Crippen molar-refractivity contribution < 1.29 is 5.11 Å². The number of nitrogens with zero attached hydrogens (tertiary/aromatic N) is 3. The second-order valence-electron chi connectivity index (χ2n) is 5.51. The summed E-state index contributed by atoms with van der Waals surface area (Å²) in [6.07, 6.45) is 4.39. The number of aliphatic hydroxyl groups excluding tert-OH is 1. The molecule has 0 saturated heterocycles. The molecule has 2 aromatic heterocycles. The van der Waals surface area contributed by atoms with Gasteiger partial charge < -0.3 is 15.7 Å².